The van der Waals surface area contributed by atoms with Crippen molar-refractivity contribution in [2.45, 2.75) is 17.6 Å². The lowest BCUT2D eigenvalue weighted by Gasteiger charge is -2.04. The Morgan fingerprint density at radius 3 is 2.60 bits per heavy atom. The number of nitrogens with zero attached hydrogens (tertiary/aromatic N) is 1. The van der Waals surface area contributed by atoms with Crippen LogP contribution in [0.4, 0.5) is 0 Å². The molecule has 1 aromatic carbocycles. The van der Waals surface area contributed by atoms with E-state index in [-0.39, 0.29) is 16.4 Å². The SMILES string of the molecule is Cc1ccc2c(c1)C=C(c1ccc(CC(=O)CS(=O)(=O)c3ccc(Cl)s3)cn1)C2=O. The van der Waals surface area contributed by atoms with Crippen molar-refractivity contribution in [3.63, 3.8) is 0 Å². The second kappa shape index (κ2) is 7.91. The Bertz CT molecular complexity index is 1310. The number of pyridine rings is 1. The number of allylic oxidation sites excluding steroid dienone is 1. The summed E-state index contributed by atoms with van der Waals surface area (Å²) in [5, 5.41) is 0. The third kappa shape index (κ3) is 4.14. The van der Waals surface area contributed by atoms with Crippen LogP contribution in [0.3, 0.4) is 0 Å². The number of ketones is 2. The highest BCUT2D eigenvalue weighted by molar-refractivity contribution is 7.94. The van der Waals surface area contributed by atoms with Crippen molar-refractivity contribution < 1.29 is 18.0 Å². The van der Waals surface area contributed by atoms with Gasteiger partial charge in [-0.3, -0.25) is 14.6 Å². The largest absolute Gasteiger partial charge is 0.298 e. The van der Waals surface area contributed by atoms with E-state index in [1.807, 2.05) is 31.2 Å². The fourth-order valence-electron chi connectivity index (χ4n) is 3.28. The minimum atomic E-state index is -3.71. The highest BCUT2D eigenvalue weighted by atomic mass is 35.5. The second-order valence-corrected chi connectivity index (χ2v) is 11.0. The lowest BCUT2D eigenvalue weighted by Crippen LogP contribution is -2.17. The molecule has 0 amide bonds. The molecular weight excluding hydrogens is 442 g/mol. The summed E-state index contributed by atoms with van der Waals surface area (Å²) in [6.45, 7) is 1.97. The topological polar surface area (TPSA) is 81.2 Å². The molecule has 0 radical (unpaired) electrons. The number of carbonyl (C=O) groups excluding carboxylic acids is 2. The third-order valence-electron chi connectivity index (χ3n) is 4.70. The van der Waals surface area contributed by atoms with E-state index < -0.39 is 21.4 Å². The molecule has 0 aliphatic heterocycles. The number of aryl methyl sites for hydroxylation is 1. The van der Waals surface area contributed by atoms with Crippen molar-refractivity contribution in [3.8, 4) is 0 Å². The van der Waals surface area contributed by atoms with Crippen LogP contribution < -0.4 is 0 Å². The Kier molecular flexibility index (Phi) is 5.44. The van der Waals surface area contributed by atoms with Crippen LogP contribution in [0.25, 0.3) is 11.6 Å². The molecule has 0 saturated heterocycles. The highest BCUT2D eigenvalue weighted by Crippen LogP contribution is 2.31. The van der Waals surface area contributed by atoms with Crippen molar-refractivity contribution in [1.29, 1.82) is 0 Å². The van der Waals surface area contributed by atoms with E-state index in [4.69, 9.17) is 11.6 Å². The molecule has 5 nitrogen and oxygen atoms in total. The maximum atomic E-state index is 12.6. The van der Waals surface area contributed by atoms with Crippen LogP contribution in [-0.4, -0.2) is 30.7 Å². The number of fused-ring (bicyclic) bond motifs is 1. The molecule has 2 aromatic heterocycles. The van der Waals surface area contributed by atoms with Gasteiger partial charge in [-0.15, -0.1) is 11.3 Å². The average Bonchev–Trinajstić information content (AvgIpc) is 3.26. The molecule has 0 unspecified atom stereocenters. The van der Waals surface area contributed by atoms with Gasteiger partial charge in [0.2, 0.25) is 0 Å². The fraction of sp³-hybridized carbons (Fsp3) is 0.136. The Hall–Kier alpha value is -2.61. The van der Waals surface area contributed by atoms with Gasteiger partial charge in [-0.25, -0.2) is 8.42 Å². The van der Waals surface area contributed by atoms with Crippen LogP contribution in [-0.2, 0) is 21.1 Å². The number of carbonyl (C=O) groups is 2. The molecule has 0 spiro atoms. The van der Waals surface area contributed by atoms with Crippen LogP contribution >= 0.6 is 22.9 Å². The molecule has 30 heavy (non-hydrogen) atoms. The molecule has 1 aliphatic carbocycles. The first-order valence-corrected chi connectivity index (χ1v) is 11.9. The lowest BCUT2D eigenvalue weighted by molar-refractivity contribution is -0.116. The molecule has 0 atom stereocenters. The first-order chi connectivity index (χ1) is 14.2. The average molecular weight is 458 g/mol. The summed E-state index contributed by atoms with van der Waals surface area (Å²) >= 11 is 6.71. The first-order valence-electron chi connectivity index (χ1n) is 9.05. The summed E-state index contributed by atoms with van der Waals surface area (Å²) in [5.74, 6) is -1.11. The Balaban J connectivity index is 1.46. The zero-order valence-electron chi connectivity index (χ0n) is 15.9. The Morgan fingerprint density at radius 2 is 1.93 bits per heavy atom. The number of halogens is 1. The summed E-state index contributed by atoms with van der Waals surface area (Å²) in [7, 11) is -3.71. The highest BCUT2D eigenvalue weighted by Gasteiger charge is 2.25. The minimum Gasteiger partial charge on any atom is -0.298 e. The van der Waals surface area contributed by atoms with Gasteiger partial charge in [-0.05, 0) is 42.3 Å². The smallest absolute Gasteiger partial charge is 0.195 e. The summed E-state index contributed by atoms with van der Waals surface area (Å²) < 4.78 is 25.1. The van der Waals surface area contributed by atoms with Crippen molar-refractivity contribution in [1.82, 2.24) is 4.98 Å². The quantitative estimate of drug-likeness (QED) is 0.547. The Morgan fingerprint density at radius 1 is 1.13 bits per heavy atom. The van der Waals surface area contributed by atoms with Gasteiger partial charge in [0, 0.05) is 23.8 Å². The maximum Gasteiger partial charge on any atom is 0.195 e. The van der Waals surface area contributed by atoms with Crippen LogP contribution in [0.2, 0.25) is 4.34 Å². The van der Waals surface area contributed by atoms with Gasteiger partial charge in [-0.1, -0.05) is 41.4 Å². The van der Waals surface area contributed by atoms with Crippen molar-refractivity contribution in [3.05, 3.63) is 80.9 Å². The van der Waals surface area contributed by atoms with Gasteiger partial charge in [0.25, 0.3) is 0 Å². The van der Waals surface area contributed by atoms with Crippen LogP contribution in [0.15, 0.2) is 52.9 Å². The van der Waals surface area contributed by atoms with E-state index in [1.54, 1.807) is 12.1 Å². The molecule has 0 N–H and O–H groups in total. The summed E-state index contributed by atoms with van der Waals surface area (Å²) in [6.07, 6.45) is 3.26. The molecular formula is C22H16ClNO4S2. The van der Waals surface area contributed by atoms with Gasteiger partial charge in [0.1, 0.15) is 9.96 Å². The second-order valence-electron chi connectivity index (χ2n) is 7.06. The van der Waals surface area contributed by atoms with Gasteiger partial charge in [0.05, 0.1) is 10.0 Å². The predicted octanol–water partition coefficient (Wildman–Crippen LogP) is 4.43. The van der Waals surface area contributed by atoms with Gasteiger partial charge in [0.15, 0.2) is 21.4 Å². The fourth-order valence-corrected chi connectivity index (χ4v) is 6.09. The van der Waals surface area contributed by atoms with Gasteiger partial charge in [-0.2, -0.15) is 0 Å². The molecule has 0 saturated carbocycles. The zero-order valence-corrected chi connectivity index (χ0v) is 18.3. The van der Waals surface area contributed by atoms with Crippen molar-refractivity contribution in [2.24, 2.45) is 0 Å². The predicted molar refractivity (Wildman–Crippen MR) is 118 cm³/mol. The number of Topliss-reactive ketones (excluding diaryl/α,β-unsaturated/α-hetero) is 2. The number of rotatable bonds is 6. The molecule has 3 aromatic rings. The molecule has 2 heterocycles. The van der Waals surface area contributed by atoms with Gasteiger partial charge >= 0.3 is 0 Å². The van der Waals surface area contributed by atoms with E-state index in [0.717, 1.165) is 22.5 Å². The molecule has 152 valence electrons. The standard InChI is InChI=1S/C22H16ClNO4S2/c1-13-2-4-17-15(8-13)10-18(22(17)26)19-5-3-14(11-24-19)9-16(25)12-30(27,28)21-7-6-20(23)29-21/h2-8,10-11H,9,12H2,1H3. The van der Waals surface area contributed by atoms with Crippen molar-refractivity contribution >= 4 is 56.0 Å². The van der Waals surface area contributed by atoms with E-state index in [0.29, 0.717) is 26.7 Å². The molecule has 8 heteroatoms. The zero-order chi connectivity index (χ0) is 21.5. The van der Waals surface area contributed by atoms with Gasteiger partial charge < -0.3 is 0 Å². The number of hydrogen-bond acceptors (Lipinski definition) is 6. The lowest BCUT2D eigenvalue weighted by atomic mass is 10.0. The number of sulfone groups is 1. The summed E-state index contributed by atoms with van der Waals surface area (Å²) in [6, 6.07) is 11.9. The summed E-state index contributed by atoms with van der Waals surface area (Å²) in [4.78, 5) is 29.2. The number of benzene rings is 1. The van der Waals surface area contributed by atoms with E-state index in [1.165, 1.54) is 18.3 Å². The monoisotopic (exact) mass is 457 g/mol. The van der Waals surface area contributed by atoms with Crippen LogP contribution in [0.1, 0.15) is 32.7 Å². The Labute approximate surface area is 183 Å². The third-order valence-corrected chi connectivity index (χ3v) is 8.19. The number of aromatic nitrogens is 1. The summed E-state index contributed by atoms with van der Waals surface area (Å²) in [5.41, 5.74) is 4.20. The first kappa shape index (κ1) is 20.7. The number of thiophene rings is 1. The minimum absolute atomic E-state index is 0.0575. The van der Waals surface area contributed by atoms with Crippen LogP contribution in [0, 0.1) is 6.92 Å². The number of hydrogen-bond donors (Lipinski definition) is 0. The molecule has 4 rings (SSSR count). The van der Waals surface area contributed by atoms with E-state index in [2.05, 4.69) is 4.98 Å². The molecule has 1 aliphatic rings. The van der Waals surface area contributed by atoms with Crippen molar-refractivity contribution in [2.75, 3.05) is 5.75 Å². The molecule has 0 bridgehead atoms. The molecule has 0 fully saturated rings. The maximum absolute atomic E-state index is 12.6. The van der Waals surface area contributed by atoms with E-state index in [9.17, 15) is 18.0 Å². The van der Waals surface area contributed by atoms with E-state index >= 15 is 0 Å². The van der Waals surface area contributed by atoms with Crippen LogP contribution in [0.5, 0.6) is 0 Å². The normalized spacial score (nSPS) is 13.3.